The van der Waals surface area contributed by atoms with Gasteiger partial charge in [0.25, 0.3) is 0 Å². The van der Waals surface area contributed by atoms with Crippen LogP contribution in [0.3, 0.4) is 0 Å². The summed E-state index contributed by atoms with van der Waals surface area (Å²) in [4.78, 5) is 23.3. The Balaban J connectivity index is 1.52. The molecule has 0 saturated heterocycles. The first-order valence-electron chi connectivity index (χ1n) is 10.5. The van der Waals surface area contributed by atoms with E-state index in [0.29, 0.717) is 25.7 Å². The fourth-order valence-corrected chi connectivity index (χ4v) is 2.61. The SMILES string of the molecule is O=C(CCc1ccccc1)O\C=C/C=C/C=C/C=C/C=C\OC(=O)CCc1ccccc1. The van der Waals surface area contributed by atoms with Gasteiger partial charge in [-0.15, -0.1) is 0 Å². The minimum Gasteiger partial charge on any atom is -0.434 e. The van der Waals surface area contributed by atoms with Gasteiger partial charge in [-0.1, -0.05) is 97.1 Å². The summed E-state index contributed by atoms with van der Waals surface area (Å²) >= 11 is 0. The lowest BCUT2D eigenvalue weighted by Crippen LogP contribution is -2.01. The molecule has 0 unspecified atom stereocenters. The molecule has 0 fully saturated rings. The van der Waals surface area contributed by atoms with E-state index in [2.05, 4.69) is 0 Å². The van der Waals surface area contributed by atoms with Crippen LogP contribution in [0.2, 0.25) is 0 Å². The number of esters is 2. The number of hydrogen-bond donors (Lipinski definition) is 0. The van der Waals surface area contributed by atoms with Gasteiger partial charge in [0.05, 0.1) is 12.5 Å². The molecule has 0 aliphatic heterocycles. The predicted molar refractivity (Wildman–Crippen MR) is 127 cm³/mol. The van der Waals surface area contributed by atoms with Gasteiger partial charge in [-0.25, -0.2) is 0 Å². The van der Waals surface area contributed by atoms with Crippen molar-refractivity contribution in [1.82, 2.24) is 0 Å². The zero-order chi connectivity index (χ0) is 22.7. The molecule has 0 amide bonds. The van der Waals surface area contributed by atoms with Crippen molar-refractivity contribution in [1.29, 1.82) is 0 Å². The Morgan fingerprint density at radius 2 is 0.875 bits per heavy atom. The van der Waals surface area contributed by atoms with Gasteiger partial charge in [-0.3, -0.25) is 9.59 Å². The third-order valence-electron chi connectivity index (χ3n) is 4.26. The van der Waals surface area contributed by atoms with Crippen LogP contribution in [-0.2, 0) is 31.9 Å². The molecule has 0 N–H and O–H groups in total. The van der Waals surface area contributed by atoms with Crippen molar-refractivity contribution >= 4 is 11.9 Å². The highest BCUT2D eigenvalue weighted by Gasteiger charge is 2.02. The molecule has 2 aromatic carbocycles. The number of rotatable bonds is 12. The van der Waals surface area contributed by atoms with E-state index in [-0.39, 0.29) is 11.9 Å². The Morgan fingerprint density at radius 1 is 0.531 bits per heavy atom. The molecule has 0 radical (unpaired) electrons. The van der Waals surface area contributed by atoms with Crippen molar-refractivity contribution in [2.45, 2.75) is 25.7 Å². The standard InChI is InChI=1S/C28H28O4/c29-27(21-19-25-15-9-7-10-16-25)31-23-13-5-3-1-2-4-6-14-24-32-28(30)22-20-26-17-11-8-12-18-26/h1-18,23-24H,19-22H2/b2-1+,5-3+,6-4+,23-13-,24-14-. The van der Waals surface area contributed by atoms with Crippen LogP contribution >= 0.6 is 0 Å². The highest BCUT2D eigenvalue weighted by atomic mass is 16.5. The summed E-state index contributed by atoms with van der Waals surface area (Å²) in [6.45, 7) is 0. The molecule has 0 aliphatic rings. The second kappa shape index (κ2) is 15.9. The molecule has 0 bridgehead atoms. The van der Waals surface area contributed by atoms with Crippen molar-refractivity contribution in [3.8, 4) is 0 Å². The van der Waals surface area contributed by atoms with Crippen LogP contribution in [-0.4, -0.2) is 11.9 Å². The molecule has 4 heteroatoms. The van der Waals surface area contributed by atoms with Gasteiger partial charge in [-0.2, -0.15) is 0 Å². The maximum atomic E-state index is 11.7. The molecule has 0 aromatic heterocycles. The monoisotopic (exact) mass is 428 g/mol. The van der Waals surface area contributed by atoms with E-state index in [4.69, 9.17) is 9.47 Å². The molecule has 0 aliphatic carbocycles. The zero-order valence-corrected chi connectivity index (χ0v) is 18.0. The maximum Gasteiger partial charge on any atom is 0.310 e. The third-order valence-corrected chi connectivity index (χ3v) is 4.26. The predicted octanol–water partition coefficient (Wildman–Crippen LogP) is 6.03. The summed E-state index contributed by atoms with van der Waals surface area (Å²) in [6.07, 6.45) is 18.9. The Kier molecular flexibility index (Phi) is 12.1. The molecule has 32 heavy (non-hydrogen) atoms. The van der Waals surface area contributed by atoms with Crippen LogP contribution in [0.1, 0.15) is 24.0 Å². The quantitative estimate of drug-likeness (QED) is 0.235. The summed E-state index contributed by atoms with van der Waals surface area (Å²) in [5.41, 5.74) is 2.23. The van der Waals surface area contributed by atoms with Gasteiger partial charge in [0.15, 0.2) is 0 Å². The van der Waals surface area contributed by atoms with E-state index < -0.39 is 0 Å². The summed E-state index contributed by atoms with van der Waals surface area (Å²) in [7, 11) is 0. The highest BCUT2D eigenvalue weighted by Crippen LogP contribution is 2.04. The number of hydrogen-bond acceptors (Lipinski definition) is 4. The van der Waals surface area contributed by atoms with Gasteiger partial charge < -0.3 is 9.47 Å². The van der Waals surface area contributed by atoms with Crippen molar-refractivity contribution in [2.24, 2.45) is 0 Å². The first-order valence-corrected chi connectivity index (χ1v) is 10.5. The van der Waals surface area contributed by atoms with E-state index in [0.717, 1.165) is 11.1 Å². The van der Waals surface area contributed by atoms with Crippen molar-refractivity contribution in [3.05, 3.63) is 133 Å². The minimum absolute atomic E-state index is 0.260. The number of carbonyl (C=O) groups is 2. The van der Waals surface area contributed by atoms with E-state index >= 15 is 0 Å². The molecule has 4 nitrogen and oxygen atoms in total. The smallest absolute Gasteiger partial charge is 0.310 e. The highest BCUT2D eigenvalue weighted by molar-refractivity contribution is 5.70. The maximum absolute atomic E-state index is 11.7. The largest absolute Gasteiger partial charge is 0.434 e. The third kappa shape index (κ3) is 11.9. The van der Waals surface area contributed by atoms with Crippen molar-refractivity contribution in [3.63, 3.8) is 0 Å². The molecule has 0 saturated carbocycles. The first kappa shape index (κ1) is 24.4. The van der Waals surface area contributed by atoms with Gasteiger partial charge in [0.2, 0.25) is 0 Å². The summed E-state index contributed by atoms with van der Waals surface area (Å²) < 4.78 is 10.1. The lowest BCUT2D eigenvalue weighted by atomic mass is 10.1. The molecular weight excluding hydrogens is 400 g/mol. The van der Waals surface area contributed by atoms with Crippen LogP contribution in [0.25, 0.3) is 0 Å². The lowest BCUT2D eigenvalue weighted by Gasteiger charge is -1.99. The fourth-order valence-electron chi connectivity index (χ4n) is 2.61. The van der Waals surface area contributed by atoms with E-state index in [1.807, 2.05) is 85.0 Å². The van der Waals surface area contributed by atoms with Gasteiger partial charge in [0.1, 0.15) is 0 Å². The first-order chi connectivity index (χ1) is 15.7. The van der Waals surface area contributed by atoms with E-state index in [1.54, 1.807) is 24.3 Å². The van der Waals surface area contributed by atoms with Crippen LogP contribution in [0.4, 0.5) is 0 Å². The molecule has 2 aromatic rings. The topological polar surface area (TPSA) is 52.6 Å². The molecule has 2 rings (SSSR count). The molecule has 0 atom stereocenters. The number of aryl methyl sites for hydroxylation is 2. The summed E-state index contributed by atoms with van der Waals surface area (Å²) in [5.74, 6) is -0.519. The van der Waals surface area contributed by atoms with Gasteiger partial charge in [-0.05, 0) is 36.1 Å². The number of ether oxygens (including phenoxy) is 2. The van der Waals surface area contributed by atoms with E-state index in [1.165, 1.54) is 12.5 Å². The average molecular weight is 429 g/mol. The Bertz CT molecular complexity index is 872. The fraction of sp³-hybridized carbons (Fsp3) is 0.143. The average Bonchev–Trinajstić information content (AvgIpc) is 2.83. The van der Waals surface area contributed by atoms with Gasteiger partial charge in [0, 0.05) is 12.8 Å². The lowest BCUT2D eigenvalue weighted by molar-refractivity contribution is -0.138. The van der Waals surface area contributed by atoms with Crippen LogP contribution in [0.15, 0.2) is 122 Å². The normalized spacial score (nSPS) is 11.9. The van der Waals surface area contributed by atoms with Crippen LogP contribution < -0.4 is 0 Å². The summed E-state index contributed by atoms with van der Waals surface area (Å²) in [5, 5.41) is 0. The van der Waals surface area contributed by atoms with E-state index in [9.17, 15) is 9.59 Å². The number of allylic oxidation sites excluding steroid dienone is 8. The van der Waals surface area contributed by atoms with Crippen LogP contribution in [0.5, 0.6) is 0 Å². The molecule has 0 heterocycles. The Hall–Kier alpha value is -3.92. The van der Waals surface area contributed by atoms with Crippen LogP contribution in [0, 0.1) is 0 Å². The second-order valence-electron chi connectivity index (χ2n) is 6.76. The van der Waals surface area contributed by atoms with Gasteiger partial charge >= 0.3 is 11.9 Å². The number of benzene rings is 2. The molecule has 0 spiro atoms. The Morgan fingerprint density at radius 3 is 1.25 bits per heavy atom. The minimum atomic E-state index is -0.260. The van der Waals surface area contributed by atoms with Crippen molar-refractivity contribution in [2.75, 3.05) is 0 Å². The molecule has 164 valence electrons. The second-order valence-corrected chi connectivity index (χ2v) is 6.76. The molecular formula is C28H28O4. The number of carbonyl (C=O) groups excluding carboxylic acids is 2. The van der Waals surface area contributed by atoms with Crippen molar-refractivity contribution < 1.29 is 19.1 Å². The summed E-state index contributed by atoms with van der Waals surface area (Å²) in [6, 6.07) is 19.7. The Labute approximate surface area is 189 Å². The zero-order valence-electron chi connectivity index (χ0n) is 18.0.